The molecule has 1 unspecified atom stereocenters. The zero-order valence-electron chi connectivity index (χ0n) is 9.30. The zero-order valence-corrected chi connectivity index (χ0v) is 9.30. The van der Waals surface area contributed by atoms with Crippen LogP contribution in [-0.2, 0) is 23.1 Å². The highest BCUT2D eigenvalue weighted by Gasteiger charge is 2.19. The molecule has 6 heteroatoms. The topological polar surface area (TPSA) is 84.2 Å². The molecule has 0 fully saturated rings. The first-order chi connectivity index (χ1) is 7.50. The van der Waals surface area contributed by atoms with Crippen LogP contribution in [-0.4, -0.2) is 33.3 Å². The van der Waals surface area contributed by atoms with Crippen LogP contribution < -0.4 is 5.32 Å². The third kappa shape index (κ3) is 3.38. The number of hydrogen-bond donors (Lipinski definition) is 2. The lowest BCUT2D eigenvalue weighted by Gasteiger charge is -2.06. The second kappa shape index (κ2) is 5.29. The smallest absolute Gasteiger partial charge is 0.315 e. The number of carboxylic acids is 1. The third-order valence-electron chi connectivity index (χ3n) is 2.21. The monoisotopic (exact) mass is 225 g/mol. The van der Waals surface area contributed by atoms with E-state index >= 15 is 0 Å². The Morgan fingerprint density at radius 2 is 2.31 bits per heavy atom. The molecule has 88 valence electrons. The van der Waals surface area contributed by atoms with Gasteiger partial charge in [-0.25, -0.2) is 0 Å². The Balaban J connectivity index is 2.30. The van der Waals surface area contributed by atoms with Gasteiger partial charge < -0.3 is 10.4 Å². The molecule has 0 radical (unpaired) electrons. The number of carboxylic acid groups (broad SMARTS) is 1. The second-order valence-electron chi connectivity index (χ2n) is 3.58. The van der Waals surface area contributed by atoms with Crippen LogP contribution in [0.4, 0.5) is 0 Å². The van der Waals surface area contributed by atoms with Gasteiger partial charge in [-0.05, 0) is 13.0 Å². The molecular weight excluding hydrogens is 210 g/mol. The van der Waals surface area contributed by atoms with Crippen molar-refractivity contribution < 1.29 is 14.7 Å². The minimum Gasteiger partial charge on any atom is -0.481 e. The number of aryl methyl sites for hydroxylation is 1. The predicted molar refractivity (Wildman–Crippen MR) is 56.7 cm³/mol. The maximum atomic E-state index is 11.3. The van der Waals surface area contributed by atoms with E-state index in [-0.39, 0.29) is 0 Å². The van der Waals surface area contributed by atoms with Gasteiger partial charge in [0.15, 0.2) is 0 Å². The predicted octanol–water partition coefficient (Wildman–Crippen LogP) is -0.201. The van der Waals surface area contributed by atoms with Gasteiger partial charge in [-0.15, -0.1) is 0 Å². The molecule has 0 bridgehead atoms. The van der Waals surface area contributed by atoms with Crippen LogP contribution in [0.15, 0.2) is 12.3 Å². The van der Waals surface area contributed by atoms with Gasteiger partial charge in [-0.3, -0.25) is 14.3 Å². The Morgan fingerprint density at radius 3 is 2.81 bits per heavy atom. The molecule has 1 aromatic rings. The van der Waals surface area contributed by atoms with Crippen LogP contribution in [0.5, 0.6) is 0 Å². The molecule has 16 heavy (non-hydrogen) atoms. The highest BCUT2D eigenvalue weighted by Crippen LogP contribution is 1.96. The molecule has 0 saturated heterocycles. The van der Waals surface area contributed by atoms with E-state index < -0.39 is 17.8 Å². The number of nitrogens with one attached hydrogen (secondary N) is 1. The first kappa shape index (κ1) is 12.2. The van der Waals surface area contributed by atoms with Crippen molar-refractivity contribution in [1.82, 2.24) is 15.1 Å². The van der Waals surface area contributed by atoms with Crippen molar-refractivity contribution >= 4 is 11.9 Å². The molecule has 2 N–H and O–H groups in total. The largest absolute Gasteiger partial charge is 0.481 e. The Kier molecular flexibility index (Phi) is 4.04. The summed E-state index contributed by atoms with van der Waals surface area (Å²) >= 11 is 0. The molecule has 6 nitrogen and oxygen atoms in total. The Bertz CT molecular complexity index is 386. The van der Waals surface area contributed by atoms with Gasteiger partial charge >= 0.3 is 5.97 Å². The quantitative estimate of drug-likeness (QED) is 0.680. The zero-order chi connectivity index (χ0) is 12.1. The fraction of sp³-hybridized carbons (Fsp3) is 0.500. The fourth-order valence-electron chi connectivity index (χ4n) is 1.18. The van der Waals surface area contributed by atoms with E-state index in [0.29, 0.717) is 13.0 Å². The number of rotatable bonds is 5. The average Bonchev–Trinajstić information content (AvgIpc) is 2.62. The third-order valence-corrected chi connectivity index (χ3v) is 2.21. The summed E-state index contributed by atoms with van der Waals surface area (Å²) in [6, 6.07) is 1.85. The van der Waals surface area contributed by atoms with Gasteiger partial charge in [-0.1, -0.05) is 0 Å². The molecule has 0 aliphatic rings. The molecule has 1 rings (SSSR count). The lowest BCUT2D eigenvalue weighted by molar-refractivity contribution is -0.146. The lowest BCUT2D eigenvalue weighted by Crippen LogP contribution is -2.34. The van der Waals surface area contributed by atoms with Crippen LogP contribution in [0.1, 0.15) is 12.6 Å². The van der Waals surface area contributed by atoms with Crippen molar-refractivity contribution in [2.24, 2.45) is 13.0 Å². The van der Waals surface area contributed by atoms with E-state index in [9.17, 15) is 9.59 Å². The summed E-state index contributed by atoms with van der Waals surface area (Å²) in [5.74, 6) is -2.59. The van der Waals surface area contributed by atoms with Crippen molar-refractivity contribution in [1.29, 1.82) is 0 Å². The van der Waals surface area contributed by atoms with Crippen LogP contribution >= 0.6 is 0 Å². The number of aromatic nitrogens is 2. The lowest BCUT2D eigenvalue weighted by atomic mass is 10.1. The Morgan fingerprint density at radius 1 is 1.62 bits per heavy atom. The maximum absolute atomic E-state index is 11.3. The molecule has 0 spiro atoms. The summed E-state index contributed by atoms with van der Waals surface area (Å²) in [5, 5.41) is 15.3. The van der Waals surface area contributed by atoms with Crippen molar-refractivity contribution in [2.45, 2.75) is 13.3 Å². The van der Waals surface area contributed by atoms with Gasteiger partial charge in [0.05, 0.1) is 5.69 Å². The van der Waals surface area contributed by atoms with Crippen LogP contribution in [0.2, 0.25) is 0 Å². The fourth-order valence-corrected chi connectivity index (χ4v) is 1.18. The summed E-state index contributed by atoms with van der Waals surface area (Å²) in [5.41, 5.74) is 0.866. The second-order valence-corrected chi connectivity index (χ2v) is 3.58. The van der Waals surface area contributed by atoms with Crippen LogP contribution in [0, 0.1) is 5.92 Å². The summed E-state index contributed by atoms with van der Waals surface area (Å²) < 4.78 is 1.68. The van der Waals surface area contributed by atoms with Crippen LogP contribution in [0.25, 0.3) is 0 Å². The number of amides is 1. The van der Waals surface area contributed by atoms with E-state index in [1.54, 1.807) is 4.68 Å². The Hall–Kier alpha value is -1.85. The standard InChI is InChI=1S/C10H15N3O3/c1-7(10(15)16)9(14)11-5-3-8-4-6-13(2)12-8/h4,6-7H,3,5H2,1-2H3,(H,11,14)(H,15,16). The molecule has 0 aromatic carbocycles. The van der Waals surface area contributed by atoms with E-state index in [2.05, 4.69) is 10.4 Å². The van der Waals surface area contributed by atoms with Gasteiger partial charge in [-0.2, -0.15) is 5.10 Å². The molecule has 0 aliphatic heterocycles. The maximum Gasteiger partial charge on any atom is 0.315 e. The average molecular weight is 225 g/mol. The van der Waals surface area contributed by atoms with Crippen LogP contribution in [0.3, 0.4) is 0 Å². The first-order valence-electron chi connectivity index (χ1n) is 4.99. The minimum atomic E-state index is -1.12. The van der Waals surface area contributed by atoms with E-state index in [1.165, 1.54) is 6.92 Å². The Labute approximate surface area is 93.3 Å². The van der Waals surface area contributed by atoms with Gasteiger partial charge in [0, 0.05) is 26.2 Å². The normalized spacial score (nSPS) is 12.1. The molecule has 1 amide bonds. The van der Waals surface area contributed by atoms with Gasteiger partial charge in [0.1, 0.15) is 5.92 Å². The summed E-state index contributed by atoms with van der Waals surface area (Å²) in [7, 11) is 1.81. The molecule has 0 aliphatic carbocycles. The molecule has 0 saturated carbocycles. The van der Waals surface area contributed by atoms with Crippen molar-refractivity contribution in [3.8, 4) is 0 Å². The SMILES string of the molecule is CC(C(=O)O)C(=O)NCCc1ccn(C)n1. The summed E-state index contributed by atoms with van der Waals surface area (Å²) in [6.07, 6.45) is 2.41. The first-order valence-corrected chi connectivity index (χ1v) is 4.99. The highest BCUT2D eigenvalue weighted by atomic mass is 16.4. The van der Waals surface area contributed by atoms with Gasteiger partial charge in [0.25, 0.3) is 0 Å². The van der Waals surface area contributed by atoms with E-state index in [0.717, 1.165) is 5.69 Å². The highest BCUT2D eigenvalue weighted by molar-refractivity contribution is 5.96. The number of carbonyl (C=O) groups is 2. The number of nitrogens with zero attached hydrogens (tertiary/aromatic N) is 2. The summed E-state index contributed by atoms with van der Waals surface area (Å²) in [4.78, 5) is 21.8. The molecule has 1 aromatic heterocycles. The van der Waals surface area contributed by atoms with Crippen molar-refractivity contribution in [2.75, 3.05) is 6.54 Å². The molecule has 1 heterocycles. The van der Waals surface area contributed by atoms with Crippen molar-refractivity contribution in [3.05, 3.63) is 18.0 Å². The molecular formula is C10H15N3O3. The van der Waals surface area contributed by atoms with E-state index in [4.69, 9.17) is 5.11 Å². The van der Waals surface area contributed by atoms with Crippen molar-refractivity contribution in [3.63, 3.8) is 0 Å². The van der Waals surface area contributed by atoms with Gasteiger partial charge in [0.2, 0.25) is 5.91 Å². The number of aliphatic carboxylic acids is 1. The number of hydrogen-bond acceptors (Lipinski definition) is 3. The number of carbonyl (C=O) groups excluding carboxylic acids is 1. The molecule has 1 atom stereocenters. The minimum absolute atomic E-state index is 0.396. The summed E-state index contributed by atoms with van der Waals surface area (Å²) in [6.45, 7) is 1.76. The van der Waals surface area contributed by atoms with E-state index in [1.807, 2.05) is 19.3 Å².